The second-order valence-corrected chi connectivity index (χ2v) is 4.79. The lowest BCUT2D eigenvalue weighted by atomic mass is 10.3. The van der Waals surface area contributed by atoms with E-state index >= 15 is 0 Å². The highest BCUT2D eigenvalue weighted by molar-refractivity contribution is 5.91. The first kappa shape index (κ1) is 18.6. The highest BCUT2D eigenvalue weighted by Gasteiger charge is 2.38. The number of hydrogen-bond donors (Lipinski definition) is 2. The van der Waals surface area contributed by atoms with E-state index < -0.39 is 24.3 Å². The average molecular weight is 334 g/mol. The predicted octanol–water partition coefficient (Wildman–Crippen LogP) is 2.95. The number of carbonyl (C=O) groups is 2. The molecule has 0 aliphatic carbocycles. The Labute approximate surface area is 130 Å². The number of para-hydroxylation sites is 2. The van der Waals surface area contributed by atoms with Gasteiger partial charge in [0.1, 0.15) is 5.75 Å². The molecule has 2 amide bonds. The van der Waals surface area contributed by atoms with E-state index in [1.54, 1.807) is 0 Å². The van der Waals surface area contributed by atoms with Crippen molar-refractivity contribution in [2.45, 2.75) is 25.6 Å². The van der Waals surface area contributed by atoms with Crippen LogP contribution >= 0.6 is 0 Å². The molecule has 0 spiro atoms. The molecule has 1 aromatic carbocycles. The van der Waals surface area contributed by atoms with Crippen LogP contribution in [0.15, 0.2) is 24.3 Å². The standard InChI is InChI=1S/C14H17F3N2O4/c1-9(14(15,16)17)23-11-6-4-3-5-10(11)18-13(22)19(2)8-7-12(20)21/h3-6,9H,7-8H2,1-2H3,(H,18,22)(H,20,21). The molecular formula is C14H17F3N2O4. The van der Waals surface area contributed by atoms with E-state index in [1.165, 1.54) is 31.3 Å². The predicted molar refractivity (Wildman–Crippen MR) is 76.5 cm³/mol. The van der Waals surface area contributed by atoms with Crippen molar-refractivity contribution in [2.24, 2.45) is 0 Å². The first-order valence-corrected chi connectivity index (χ1v) is 6.67. The Morgan fingerprint density at radius 1 is 1.35 bits per heavy atom. The van der Waals surface area contributed by atoms with Crippen molar-refractivity contribution < 1.29 is 32.6 Å². The Morgan fingerprint density at radius 3 is 2.52 bits per heavy atom. The lowest BCUT2D eigenvalue weighted by Gasteiger charge is -2.21. The smallest absolute Gasteiger partial charge is 0.425 e. The fraction of sp³-hybridized carbons (Fsp3) is 0.429. The second-order valence-electron chi connectivity index (χ2n) is 4.79. The Hall–Kier alpha value is -2.45. The van der Waals surface area contributed by atoms with Gasteiger partial charge in [0.2, 0.25) is 0 Å². The Bertz CT molecular complexity index is 563. The molecule has 0 fully saturated rings. The van der Waals surface area contributed by atoms with Gasteiger partial charge >= 0.3 is 18.2 Å². The van der Waals surface area contributed by atoms with E-state index in [9.17, 15) is 22.8 Å². The molecular weight excluding hydrogens is 317 g/mol. The van der Waals surface area contributed by atoms with Crippen LogP contribution in [0, 0.1) is 0 Å². The molecule has 0 saturated carbocycles. The molecule has 1 atom stereocenters. The second kappa shape index (κ2) is 7.70. The quantitative estimate of drug-likeness (QED) is 0.838. The fourth-order valence-corrected chi connectivity index (χ4v) is 1.51. The number of amides is 2. The molecule has 128 valence electrons. The summed E-state index contributed by atoms with van der Waals surface area (Å²) < 4.78 is 42.5. The number of carbonyl (C=O) groups excluding carboxylic acids is 1. The largest absolute Gasteiger partial charge is 0.481 e. The summed E-state index contributed by atoms with van der Waals surface area (Å²) in [6, 6.07) is 5.04. The normalized spacial score (nSPS) is 12.4. The molecule has 0 aromatic heterocycles. The van der Waals surface area contributed by atoms with Crippen LogP contribution in [-0.4, -0.2) is 47.9 Å². The lowest BCUT2D eigenvalue weighted by Crippen LogP contribution is -2.34. The molecule has 0 aliphatic heterocycles. The van der Waals surface area contributed by atoms with Gasteiger partial charge in [-0.05, 0) is 19.1 Å². The van der Waals surface area contributed by atoms with Crippen LogP contribution in [0.1, 0.15) is 13.3 Å². The topological polar surface area (TPSA) is 78.9 Å². The summed E-state index contributed by atoms with van der Waals surface area (Å²) in [7, 11) is 1.38. The number of anilines is 1. The molecule has 1 aromatic rings. The summed E-state index contributed by atoms with van der Waals surface area (Å²) in [6.45, 7) is 0.820. The molecule has 0 saturated heterocycles. The molecule has 1 unspecified atom stereocenters. The van der Waals surface area contributed by atoms with E-state index in [0.29, 0.717) is 0 Å². The van der Waals surface area contributed by atoms with Crippen molar-refractivity contribution in [1.82, 2.24) is 4.90 Å². The molecule has 0 aliphatic rings. The zero-order chi connectivity index (χ0) is 17.6. The summed E-state index contributed by atoms with van der Waals surface area (Å²) in [6.07, 6.45) is -6.81. The number of nitrogens with one attached hydrogen (secondary N) is 1. The average Bonchev–Trinajstić information content (AvgIpc) is 2.45. The van der Waals surface area contributed by atoms with Gasteiger partial charge in [-0.2, -0.15) is 13.2 Å². The Balaban J connectivity index is 2.77. The number of benzene rings is 1. The Kier molecular flexibility index (Phi) is 6.23. The van der Waals surface area contributed by atoms with Crippen molar-refractivity contribution in [3.63, 3.8) is 0 Å². The Morgan fingerprint density at radius 2 is 1.96 bits per heavy atom. The molecule has 9 heteroatoms. The number of ether oxygens (including phenoxy) is 1. The van der Waals surface area contributed by atoms with Crippen molar-refractivity contribution in [3.8, 4) is 5.75 Å². The summed E-state index contributed by atoms with van der Waals surface area (Å²) in [5.74, 6) is -1.19. The van der Waals surface area contributed by atoms with Gasteiger partial charge in [0.25, 0.3) is 0 Å². The van der Waals surface area contributed by atoms with Crippen molar-refractivity contribution >= 4 is 17.7 Å². The SMILES string of the molecule is CC(Oc1ccccc1NC(=O)N(C)CCC(=O)O)C(F)(F)F. The van der Waals surface area contributed by atoms with Crippen LogP contribution < -0.4 is 10.1 Å². The van der Waals surface area contributed by atoms with E-state index in [-0.39, 0.29) is 24.4 Å². The maximum Gasteiger partial charge on any atom is 0.425 e. The van der Waals surface area contributed by atoms with Crippen LogP contribution in [0.2, 0.25) is 0 Å². The number of nitrogens with zero attached hydrogens (tertiary/aromatic N) is 1. The fourth-order valence-electron chi connectivity index (χ4n) is 1.51. The number of aliphatic carboxylic acids is 1. The van der Waals surface area contributed by atoms with Gasteiger partial charge < -0.3 is 20.1 Å². The van der Waals surface area contributed by atoms with Crippen LogP contribution in [0.25, 0.3) is 0 Å². The highest BCUT2D eigenvalue weighted by atomic mass is 19.4. The minimum atomic E-state index is -4.53. The van der Waals surface area contributed by atoms with Gasteiger partial charge in [-0.3, -0.25) is 4.79 Å². The maximum atomic E-state index is 12.6. The van der Waals surface area contributed by atoms with Gasteiger partial charge in [0, 0.05) is 13.6 Å². The summed E-state index contributed by atoms with van der Waals surface area (Å²) in [4.78, 5) is 23.5. The van der Waals surface area contributed by atoms with E-state index in [0.717, 1.165) is 11.8 Å². The van der Waals surface area contributed by atoms with Gasteiger partial charge in [-0.1, -0.05) is 12.1 Å². The number of carboxylic acid groups (broad SMARTS) is 1. The van der Waals surface area contributed by atoms with E-state index in [1.807, 2.05) is 0 Å². The molecule has 6 nitrogen and oxygen atoms in total. The first-order valence-electron chi connectivity index (χ1n) is 6.67. The van der Waals surface area contributed by atoms with Crippen LogP contribution in [-0.2, 0) is 4.79 Å². The minimum Gasteiger partial charge on any atom is -0.481 e. The molecule has 0 radical (unpaired) electrons. The number of hydrogen-bond acceptors (Lipinski definition) is 3. The minimum absolute atomic E-state index is 0.0385. The van der Waals surface area contributed by atoms with Gasteiger partial charge in [-0.15, -0.1) is 0 Å². The van der Waals surface area contributed by atoms with Gasteiger partial charge in [0.15, 0.2) is 6.10 Å². The van der Waals surface area contributed by atoms with Crippen LogP contribution in [0.5, 0.6) is 5.75 Å². The maximum absolute atomic E-state index is 12.6. The van der Waals surface area contributed by atoms with Gasteiger partial charge in [0.05, 0.1) is 12.1 Å². The van der Waals surface area contributed by atoms with E-state index in [2.05, 4.69) is 5.32 Å². The lowest BCUT2D eigenvalue weighted by molar-refractivity contribution is -0.189. The summed E-state index contributed by atoms with van der Waals surface area (Å²) in [5, 5.41) is 11.0. The zero-order valence-corrected chi connectivity index (χ0v) is 12.6. The number of urea groups is 1. The number of alkyl halides is 3. The number of halogens is 3. The summed E-state index contributed by atoms with van der Waals surface area (Å²) >= 11 is 0. The highest BCUT2D eigenvalue weighted by Crippen LogP contribution is 2.30. The number of rotatable bonds is 6. The van der Waals surface area contributed by atoms with E-state index in [4.69, 9.17) is 9.84 Å². The molecule has 0 bridgehead atoms. The van der Waals surface area contributed by atoms with Crippen LogP contribution in [0.4, 0.5) is 23.7 Å². The van der Waals surface area contributed by atoms with Crippen molar-refractivity contribution in [1.29, 1.82) is 0 Å². The van der Waals surface area contributed by atoms with Crippen molar-refractivity contribution in [2.75, 3.05) is 18.9 Å². The monoisotopic (exact) mass is 334 g/mol. The third kappa shape index (κ3) is 6.05. The molecule has 23 heavy (non-hydrogen) atoms. The first-order chi connectivity index (χ1) is 10.6. The third-order valence-corrected chi connectivity index (χ3v) is 2.90. The van der Waals surface area contributed by atoms with Gasteiger partial charge in [-0.25, -0.2) is 4.79 Å². The molecule has 0 heterocycles. The van der Waals surface area contributed by atoms with Crippen LogP contribution in [0.3, 0.4) is 0 Å². The van der Waals surface area contributed by atoms with Crippen molar-refractivity contribution in [3.05, 3.63) is 24.3 Å². The number of carboxylic acids is 1. The molecule has 1 rings (SSSR count). The summed E-state index contributed by atoms with van der Waals surface area (Å²) in [5.41, 5.74) is 0.0655. The third-order valence-electron chi connectivity index (χ3n) is 2.90. The zero-order valence-electron chi connectivity index (χ0n) is 12.6. The molecule has 2 N–H and O–H groups in total.